The van der Waals surface area contributed by atoms with E-state index in [0.29, 0.717) is 12.8 Å². The fourth-order valence-corrected chi connectivity index (χ4v) is 13.2. The molecule has 2 aliphatic heterocycles. The maximum atomic E-state index is 13.8. The molecule has 1 saturated carbocycles. The SMILES string of the molecule is CCCCCCCCCCCCCCCCCCCCCCC(O)C(=O)NC(COP(=O)(O)OC1C(CCCO[C@H]2OC(C(=O)O)[C@@H](O[C@H]3OC(CO)[C@@H](O)C(O)C3N)C(O)C2O)[C@H](O)C(O)C(O)[C@H]1O)C(O)C(O)CCCCCCCCCCCCCC. The summed E-state index contributed by atoms with van der Waals surface area (Å²) in [4.78, 5) is 36.9. The van der Waals surface area contributed by atoms with E-state index in [1.165, 1.54) is 128 Å². The van der Waals surface area contributed by atoms with E-state index >= 15 is 0 Å². The van der Waals surface area contributed by atoms with Crippen molar-refractivity contribution in [3.05, 3.63) is 0 Å². The van der Waals surface area contributed by atoms with Crippen molar-refractivity contribution < 1.29 is 113 Å². The zero-order valence-corrected chi connectivity index (χ0v) is 54.5. The van der Waals surface area contributed by atoms with Crippen LogP contribution in [0.25, 0.3) is 0 Å². The van der Waals surface area contributed by atoms with Gasteiger partial charge in [-0.25, -0.2) is 9.36 Å². The number of amides is 1. The zero-order valence-electron chi connectivity index (χ0n) is 53.6. The molecule has 3 rings (SSSR count). The van der Waals surface area contributed by atoms with Gasteiger partial charge in [0.2, 0.25) is 5.91 Å². The molecule has 0 bridgehead atoms. The van der Waals surface area contributed by atoms with Gasteiger partial charge in [0, 0.05) is 12.5 Å². The number of aliphatic hydroxyl groups is 12. The van der Waals surface area contributed by atoms with Crippen LogP contribution in [0.5, 0.6) is 0 Å². The lowest BCUT2D eigenvalue weighted by Crippen LogP contribution is -2.67. The molecule has 1 amide bonds. The summed E-state index contributed by atoms with van der Waals surface area (Å²) in [5, 5.41) is 142. The van der Waals surface area contributed by atoms with Gasteiger partial charge >= 0.3 is 13.8 Å². The number of carbonyl (C=O) groups excluding carboxylic acids is 1. The van der Waals surface area contributed by atoms with Gasteiger partial charge in [-0.15, -0.1) is 0 Å². The van der Waals surface area contributed by atoms with E-state index in [1.807, 2.05) is 0 Å². The first-order chi connectivity index (χ1) is 42.6. The highest BCUT2D eigenvalue weighted by molar-refractivity contribution is 7.47. The third kappa shape index (κ3) is 30.3. The minimum atomic E-state index is -5.43. The number of nitrogens with one attached hydrogen (secondary N) is 1. The standard InChI is InChI=1S/C63H121N2O23P/c1-3-5-7-9-11-13-15-17-18-19-20-21-22-23-24-26-28-30-32-34-38-45(68)60(78)65-43(49(70)44(67)37-33-31-29-27-25-16-14-12-10-8-6-4-2)41-84-89(81,82)88-57-42(48(69)52(73)53(74)54(57)75)36-35-39-83-63-56(77)55(76)58(59(87-63)61(79)80)86-62-47(64)51(72)50(71)46(40-66)85-62/h42-59,62-63,66-77H,3-41,64H2,1-2H3,(H,65,78)(H,79,80)(H,81,82)/t42?,43?,44?,45?,46?,47?,48-,49?,50+,51?,52?,53?,54+,55?,56?,57?,58-,59?,62+,63-/m0/s1. The number of phosphoric acid groups is 1. The van der Waals surface area contributed by atoms with Gasteiger partial charge in [-0.2, -0.15) is 0 Å². The van der Waals surface area contributed by atoms with Gasteiger partial charge in [0.05, 0.1) is 37.5 Å². The summed E-state index contributed by atoms with van der Waals surface area (Å²) in [6.07, 6.45) is 5.29. The third-order valence-electron chi connectivity index (χ3n) is 18.0. The maximum absolute atomic E-state index is 13.8. The molecule has 0 aromatic heterocycles. The van der Waals surface area contributed by atoms with E-state index in [9.17, 15) is 85.4 Å². The van der Waals surface area contributed by atoms with Crippen LogP contribution in [-0.2, 0) is 42.1 Å². The molecule has 2 saturated heterocycles. The Hall–Kier alpha value is -1.63. The van der Waals surface area contributed by atoms with Crippen LogP contribution >= 0.6 is 7.82 Å². The van der Waals surface area contributed by atoms with Crippen molar-refractivity contribution in [3.63, 3.8) is 0 Å². The van der Waals surface area contributed by atoms with Gasteiger partial charge < -0.3 is 101 Å². The third-order valence-corrected chi connectivity index (χ3v) is 19.0. The number of nitrogens with two attached hydrogens (primary N) is 1. The number of phosphoric ester groups is 1. The lowest BCUT2D eigenvalue weighted by molar-refractivity contribution is -0.339. The second-order valence-electron chi connectivity index (χ2n) is 25.5. The van der Waals surface area contributed by atoms with E-state index in [2.05, 4.69) is 19.2 Å². The molecule has 526 valence electrons. The highest BCUT2D eigenvalue weighted by Crippen LogP contribution is 2.49. The van der Waals surface area contributed by atoms with Gasteiger partial charge in [0.15, 0.2) is 18.7 Å². The Morgan fingerprint density at radius 2 is 0.978 bits per heavy atom. The van der Waals surface area contributed by atoms with Crippen molar-refractivity contribution in [2.24, 2.45) is 11.7 Å². The average Bonchev–Trinajstić information content (AvgIpc) is 1.15. The van der Waals surface area contributed by atoms with Crippen LogP contribution < -0.4 is 11.1 Å². The minimum absolute atomic E-state index is 0.0901. The van der Waals surface area contributed by atoms with Crippen molar-refractivity contribution in [3.8, 4) is 0 Å². The molecule has 3 fully saturated rings. The summed E-state index contributed by atoms with van der Waals surface area (Å²) in [7, 11) is -5.43. The van der Waals surface area contributed by atoms with Crippen LogP contribution in [0.2, 0.25) is 0 Å². The van der Waals surface area contributed by atoms with Crippen molar-refractivity contribution in [1.29, 1.82) is 0 Å². The molecule has 17 N–H and O–H groups in total. The first-order valence-electron chi connectivity index (χ1n) is 34.2. The van der Waals surface area contributed by atoms with Crippen LogP contribution in [0.3, 0.4) is 0 Å². The summed E-state index contributed by atoms with van der Waals surface area (Å²) in [6.45, 7) is 2.21. The number of unbranched alkanes of at least 4 members (excludes halogenated alkanes) is 30. The van der Waals surface area contributed by atoms with Crippen molar-refractivity contribution in [2.75, 3.05) is 19.8 Å². The number of carboxylic acids is 1. The molecule has 2 heterocycles. The number of carboxylic acid groups (broad SMARTS) is 1. The summed E-state index contributed by atoms with van der Waals surface area (Å²) in [5.41, 5.74) is 5.92. The van der Waals surface area contributed by atoms with Crippen molar-refractivity contribution in [2.45, 2.75) is 361 Å². The Balaban J connectivity index is 1.56. The molecule has 89 heavy (non-hydrogen) atoms. The van der Waals surface area contributed by atoms with Crippen LogP contribution in [0, 0.1) is 5.92 Å². The quantitative estimate of drug-likeness (QED) is 0.0284. The number of aliphatic carboxylic acids is 1. The Bertz CT molecular complexity index is 1870. The fraction of sp³-hybridized carbons (Fsp3) is 0.968. The van der Waals surface area contributed by atoms with Gasteiger partial charge in [-0.3, -0.25) is 13.8 Å². The van der Waals surface area contributed by atoms with Crippen LogP contribution in [0.15, 0.2) is 0 Å². The fourth-order valence-electron chi connectivity index (χ4n) is 12.2. The predicted molar refractivity (Wildman–Crippen MR) is 331 cm³/mol. The zero-order chi connectivity index (χ0) is 65.7. The normalized spacial score (nSPS) is 30.4. The van der Waals surface area contributed by atoms with Crippen molar-refractivity contribution >= 4 is 19.7 Å². The number of hydrogen-bond donors (Lipinski definition) is 16. The number of rotatable bonds is 52. The van der Waals surface area contributed by atoms with E-state index < -0.39 is 162 Å². The van der Waals surface area contributed by atoms with Gasteiger partial charge in [0.25, 0.3) is 0 Å². The molecular weight excluding hydrogens is 1180 g/mol. The molecular formula is C63H121N2O23P. The lowest BCUT2D eigenvalue weighted by Gasteiger charge is -2.45. The Labute approximate surface area is 529 Å². The largest absolute Gasteiger partial charge is 0.479 e. The maximum Gasteiger partial charge on any atom is 0.472 e. The molecule has 0 radical (unpaired) electrons. The van der Waals surface area contributed by atoms with Gasteiger partial charge in [-0.1, -0.05) is 219 Å². The Kier molecular flexibility index (Phi) is 42.6. The monoisotopic (exact) mass is 1300 g/mol. The Morgan fingerprint density at radius 1 is 0.539 bits per heavy atom. The molecule has 0 spiro atoms. The summed E-state index contributed by atoms with van der Waals surface area (Å²) >= 11 is 0. The second kappa shape index (κ2) is 46.5. The second-order valence-corrected chi connectivity index (χ2v) is 26.9. The van der Waals surface area contributed by atoms with Gasteiger partial charge in [-0.05, 0) is 25.7 Å². The summed E-state index contributed by atoms with van der Waals surface area (Å²) < 4.78 is 46.4. The number of ether oxygens (including phenoxy) is 4. The van der Waals surface area contributed by atoms with Crippen LogP contribution in [-0.4, -0.2) is 219 Å². The first-order valence-corrected chi connectivity index (χ1v) is 35.7. The molecule has 0 aromatic carbocycles. The number of aliphatic hydroxyl groups excluding tert-OH is 12. The minimum Gasteiger partial charge on any atom is -0.479 e. The molecule has 21 atom stereocenters. The van der Waals surface area contributed by atoms with Crippen LogP contribution in [0.1, 0.15) is 245 Å². The van der Waals surface area contributed by atoms with E-state index in [0.717, 1.165) is 64.2 Å². The van der Waals surface area contributed by atoms with Gasteiger partial charge in [0.1, 0.15) is 73.2 Å². The van der Waals surface area contributed by atoms with Crippen molar-refractivity contribution in [1.82, 2.24) is 5.32 Å². The molecule has 1 aliphatic carbocycles. The number of hydrogen-bond acceptors (Lipinski definition) is 22. The smallest absolute Gasteiger partial charge is 0.472 e. The lowest BCUT2D eigenvalue weighted by atomic mass is 9.76. The average molecular weight is 1310 g/mol. The first kappa shape index (κ1) is 81.6. The molecule has 25 nitrogen and oxygen atoms in total. The summed E-state index contributed by atoms with van der Waals surface area (Å²) in [5.74, 6) is -4.09. The van der Waals surface area contributed by atoms with Crippen LogP contribution in [0.4, 0.5) is 0 Å². The molecule has 26 heteroatoms. The summed E-state index contributed by atoms with van der Waals surface area (Å²) in [6, 6.07) is -3.08. The highest BCUT2D eigenvalue weighted by Gasteiger charge is 2.54. The van der Waals surface area contributed by atoms with E-state index in [4.69, 9.17) is 33.7 Å². The molecule has 0 aromatic rings. The highest BCUT2D eigenvalue weighted by atomic mass is 31.2. The van der Waals surface area contributed by atoms with E-state index in [1.54, 1.807) is 0 Å². The molecule has 3 aliphatic rings. The number of carbonyl (C=O) groups is 2. The predicted octanol–water partition coefficient (Wildman–Crippen LogP) is 4.91. The Morgan fingerprint density at radius 3 is 1.44 bits per heavy atom. The molecule has 15 unspecified atom stereocenters. The van der Waals surface area contributed by atoms with E-state index in [-0.39, 0.29) is 25.7 Å². The topological polar surface area (TPSA) is 428 Å².